The maximum Gasteiger partial charge on any atom is 0.327 e. The van der Waals surface area contributed by atoms with E-state index in [0.717, 1.165) is 56.0 Å². The number of likely N-dealkylation sites (N-methyl/N-ethyl adjacent to an activating group) is 1. The van der Waals surface area contributed by atoms with Crippen molar-refractivity contribution < 1.29 is 14.0 Å². The van der Waals surface area contributed by atoms with Crippen molar-refractivity contribution in [2.75, 3.05) is 32.7 Å². The maximum absolute atomic E-state index is 13.5. The smallest absolute Gasteiger partial charge is 0.327 e. The van der Waals surface area contributed by atoms with E-state index < -0.39 is 5.54 Å². The topological polar surface area (TPSA) is 69.9 Å². The fourth-order valence-electron chi connectivity index (χ4n) is 5.27. The number of imide groups is 1. The number of hydrogen-bond donors (Lipinski definition) is 0. The number of piperidine rings is 1. The summed E-state index contributed by atoms with van der Waals surface area (Å²) >= 11 is 0. The number of amides is 3. The third kappa shape index (κ3) is 4.83. The molecule has 7 nitrogen and oxygen atoms in total. The van der Waals surface area contributed by atoms with Crippen LogP contribution in [0.15, 0.2) is 41.1 Å². The van der Waals surface area contributed by atoms with E-state index in [-0.39, 0.29) is 11.9 Å². The van der Waals surface area contributed by atoms with Gasteiger partial charge >= 0.3 is 6.03 Å². The zero-order valence-corrected chi connectivity index (χ0v) is 20.1. The number of aromatic nitrogens is 1. The predicted molar refractivity (Wildman–Crippen MR) is 127 cm³/mol. The number of likely N-dealkylation sites (tertiary alicyclic amines) is 1. The Morgan fingerprint density at radius 2 is 1.94 bits per heavy atom. The second-order valence-electron chi connectivity index (χ2n) is 9.46. The van der Waals surface area contributed by atoms with Gasteiger partial charge in [0, 0.05) is 44.5 Å². The number of carbonyl (C=O) groups excluding carboxylic acids is 2. The molecule has 33 heavy (non-hydrogen) atoms. The van der Waals surface area contributed by atoms with Crippen molar-refractivity contribution in [1.82, 2.24) is 19.7 Å². The quantitative estimate of drug-likeness (QED) is 0.533. The zero-order valence-electron chi connectivity index (χ0n) is 20.1. The van der Waals surface area contributed by atoms with Crippen molar-refractivity contribution in [2.24, 2.45) is 0 Å². The molecule has 0 bridgehead atoms. The first-order valence-corrected chi connectivity index (χ1v) is 12.3. The van der Waals surface area contributed by atoms with Crippen molar-refractivity contribution >= 4 is 11.9 Å². The largest absolute Gasteiger partial charge is 0.466 e. The van der Waals surface area contributed by atoms with Gasteiger partial charge in [0.1, 0.15) is 17.1 Å². The highest BCUT2D eigenvalue weighted by Gasteiger charge is 2.57. The summed E-state index contributed by atoms with van der Waals surface area (Å²) in [5, 5.41) is 0. The van der Waals surface area contributed by atoms with Crippen LogP contribution in [0.3, 0.4) is 0 Å². The number of furan rings is 1. The molecule has 0 N–H and O–H groups in total. The molecule has 0 unspecified atom stereocenters. The van der Waals surface area contributed by atoms with Gasteiger partial charge in [-0.3, -0.25) is 14.7 Å². The van der Waals surface area contributed by atoms with E-state index in [1.807, 2.05) is 43.1 Å². The van der Waals surface area contributed by atoms with E-state index in [2.05, 4.69) is 22.9 Å². The van der Waals surface area contributed by atoms with Crippen LogP contribution in [0.1, 0.15) is 62.5 Å². The number of urea groups is 1. The highest BCUT2D eigenvalue weighted by molar-refractivity contribution is 6.07. The fraction of sp³-hybridized carbons (Fsp3) is 0.577. The summed E-state index contributed by atoms with van der Waals surface area (Å²) < 4.78 is 5.77. The SMILES string of the molecule is CCN1C(=O)N(CCCc2cccnc2)C(=O)C12CCN(CC[C@H](C)c1ccc(C)o1)CC2. The molecule has 2 aliphatic rings. The normalized spacial score (nSPS) is 19.6. The van der Waals surface area contributed by atoms with Gasteiger partial charge in [0.15, 0.2) is 0 Å². The molecular formula is C26H36N4O3. The molecule has 2 aromatic heterocycles. The number of aryl methyl sites for hydroxylation is 2. The fourth-order valence-corrected chi connectivity index (χ4v) is 5.27. The number of pyridine rings is 1. The van der Waals surface area contributed by atoms with Gasteiger partial charge in [0.25, 0.3) is 5.91 Å². The van der Waals surface area contributed by atoms with Crippen LogP contribution in [0.2, 0.25) is 0 Å². The minimum absolute atomic E-state index is 0.000356. The summed E-state index contributed by atoms with van der Waals surface area (Å²) in [6.07, 6.45) is 7.60. The number of rotatable bonds is 9. The molecule has 0 radical (unpaired) electrons. The van der Waals surface area contributed by atoms with Gasteiger partial charge in [-0.25, -0.2) is 4.79 Å². The molecule has 0 aromatic carbocycles. The monoisotopic (exact) mass is 452 g/mol. The highest BCUT2D eigenvalue weighted by Crippen LogP contribution is 2.37. The molecule has 1 atom stereocenters. The number of nitrogens with zero attached hydrogens (tertiary/aromatic N) is 4. The summed E-state index contributed by atoms with van der Waals surface area (Å²) in [7, 11) is 0. The molecule has 0 saturated carbocycles. The molecule has 3 amide bonds. The Balaban J connectivity index is 1.32. The minimum Gasteiger partial charge on any atom is -0.466 e. The van der Waals surface area contributed by atoms with Gasteiger partial charge in [0.05, 0.1) is 0 Å². The molecule has 2 aromatic rings. The zero-order chi connectivity index (χ0) is 23.4. The first-order valence-electron chi connectivity index (χ1n) is 12.3. The molecule has 4 rings (SSSR count). The van der Waals surface area contributed by atoms with E-state index in [9.17, 15) is 9.59 Å². The van der Waals surface area contributed by atoms with Crippen LogP contribution in [0.4, 0.5) is 4.79 Å². The Morgan fingerprint density at radius 1 is 1.15 bits per heavy atom. The maximum atomic E-state index is 13.5. The number of hydrogen-bond acceptors (Lipinski definition) is 5. The van der Waals surface area contributed by atoms with Crippen molar-refractivity contribution in [3.05, 3.63) is 53.7 Å². The highest BCUT2D eigenvalue weighted by atomic mass is 16.3. The summed E-state index contributed by atoms with van der Waals surface area (Å²) in [4.78, 5) is 36.5. The van der Waals surface area contributed by atoms with Gasteiger partial charge in [0.2, 0.25) is 0 Å². The lowest BCUT2D eigenvalue weighted by molar-refractivity contribution is -0.135. The minimum atomic E-state index is -0.666. The predicted octanol–water partition coefficient (Wildman–Crippen LogP) is 4.23. The van der Waals surface area contributed by atoms with Gasteiger partial charge in [-0.1, -0.05) is 13.0 Å². The van der Waals surface area contributed by atoms with Crippen LogP contribution in [0, 0.1) is 6.92 Å². The van der Waals surface area contributed by atoms with E-state index in [4.69, 9.17) is 4.42 Å². The molecule has 1 spiro atoms. The standard InChI is InChI=1S/C26H36N4O3/c1-4-30-25(32)29(15-6-8-22-7-5-14-27-19-22)24(31)26(30)12-17-28(18-13-26)16-11-20(2)23-10-9-21(3)33-23/h5,7,9-10,14,19-20H,4,6,8,11-13,15-18H2,1-3H3/t20-/m0/s1. The summed E-state index contributed by atoms with van der Waals surface area (Å²) in [6, 6.07) is 7.91. The third-order valence-electron chi connectivity index (χ3n) is 7.32. The lowest BCUT2D eigenvalue weighted by atomic mass is 9.85. The average Bonchev–Trinajstić information content (AvgIpc) is 3.34. The van der Waals surface area contributed by atoms with E-state index in [0.29, 0.717) is 31.8 Å². The first kappa shape index (κ1) is 23.5. The molecule has 2 saturated heterocycles. The van der Waals surface area contributed by atoms with Crippen molar-refractivity contribution in [1.29, 1.82) is 0 Å². The van der Waals surface area contributed by atoms with Crippen LogP contribution in [-0.2, 0) is 11.2 Å². The van der Waals surface area contributed by atoms with Gasteiger partial charge in [-0.05, 0) is 76.3 Å². The lowest BCUT2D eigenvalue weighted by Crippen LogP contribution is -2.56. The van der Waals surface area contributed by atoms with E-state index >= 15 is 0 Å². The molecular weight excluding hydrogens is 416 g/mol. The lowest BCUT2D eigenvalue weighted by Gasteiger charge is -2.42. The van der Waals surface area contributed by atoms with Crippen LogP contribution in [0.25, 0.3) is 0 Å². The molecule has 2 aliphatic heterocycles. The van der Waals surface area contributed by atoms with Crippen molar-refractivity contribution in [2.45, 2.75) is 64.3 Å². The van der Waals surface area contributed by atoms with E-state index in [1.165, 1.54) is 4.90 Å². The Hall–Kier alpha value is -2.67. The Kier molecular flexibility index (Phi) is 7.17. The first-order chi connectivity index (χ1) is 15.9. The van der Waals surface area contributed by atoms with Gasteiger partial charge in [-0.15, -0.1) is 0 Å². The molecule has 178 valence electrons. The molecule has 4 heterocycles. The van der Waals surface area contributed by atoms with Crippen molar-refractivity contribution in [3.8, 4) is 0 Å². The van der Waals surface area contributed by atoms with Gasteiger partial charge < -0.3 is 14.2 Å². The average molecular weight is 453 g/mol. The summed E-state index contributed by atoms with van der Waals surface area (Å²) in [5.41, 5.74) is 0.464. The van der Waals surface area contributed by atoms with Crippen LogP contribution in [-0.4, -0.2) is 69.9 Å². The van der Waals surface area contributed by atoms with Gasteiger partial charge in [-0.2, -0.15) is 0 Å². The molecule has 2 fully saturated rings. The van der Waals surface area contributed by atoms with Crippen molar-refractivity contribution in [3.63, 3.8) is 0 Å². The number of carbonyl (C=O) groups is 2. The summed E-state index contributed by atoms with van der Waals surface area (Å²) in [6.45, 7) is 9.83. The second-order valence-corrected chi connectivity index (χ2v) is 9.46. The Labute approximate surface area is 196 Å². The second kappa shape index (κ2) is 10.1. The summed E-state index contributed by atoms with van der Waals surface area (Å²) in [5.74, 6) is 2.36. The molecule has 0 aliphatic carbocycles. The van der Waals surface area contributed by atoms with E-state index in [1.54, 1.807) is 6.20 Å². The van der Waals surface area contributed by atoms with Crippen LogP contribution in [0.5, 0.6) is 0 Å². The van der Waals surface area contributed by atoms with Crippen LogP contribution >= 0.6 is 0 Å². The molecule has 7 heteroatoms. The Bertz CT molecular complexity index is 949. The third-order valence-corrected chi connectivity index (χ3v) is 7.32. The van der Waals surface area contributed by atoms with Crippen LogP contribution < -0.4 is 0 Å². The Morgan fingerprint density at radius 3 is 2.58 bits per heavy atom.